The number of nitrogens with one attached hydrogen (secondary N) is 1. The van der Waals surface area contributed by atoms with Crippen molar-refractivity contribution in [3.8, 4) is 0 Å². The third-order valence-corrected chi connectivity index (χ3v) is 3.08. The lowest BCUT2D eigenvalue weighted by atomic mass is 10.1. The normalized spacial score (nSPS) is 10.1. The number of amides is 2. The number of pyridine rings is 1. The van der Waals surface area contributed by atoms with E-state index < -0.39 is 16.7 Å². The highest BCUT2D eigenvalue weighted by molar-refractivity contribution is 6.31. The predicted octanol–water partition coefficient (Wildman–Crippen LogP) is 2.52. The molecule has 0 unspecified atom stereocenters. The molecule has 2 amide bonds. The molecule has 1 heterocycles. The lowest BCUT2D eigenvalue weighted by Gasteiger charge is -2.05. The van der Waals surface area contributed by atoms with E-state index in [0.717, 1.165) is 6.20 Å². The van der Waals surface area contributed by atoms with E-state index in [9.17, 15) is 19.7 Å². The van der Waals surface area contributed by atoms with Crippen molar-refractivity contribution in [2.24, 2.45) is 0 Å². The molecule has 2 rings (SSSR count). The van der Waals surface area contributed by atoms with E-state index >= 15 is 0 Å². The molecule has 7 nitrogen and oxygen atoms in total. The van der Waals surface area contributed by atoms with Crippen LogP contribution in [0.2, 0.25) is 5.02 Å². The first-order valence-electron chi connectivity index (χ1n) is 6.11. The summed E-state index contributed by atoms with van der Waals surface area (Å²) in [5, 5.41) is 13.2. The van der Waals surface area contributed by atoms with Gasteiger partial charge in [-0.2, -0.15) is 0 Å². The summed E-state index contributed by atoms with van der Waals surface area (Å²) in [6, 6.07) is 7.28. The van der Waals surface area contributed by atoms with E-state index in [1.54, 1.807) is 12.1 Å². The number of hydrogen-bond donors (Lipinski definition) is 1. The molecule has 0 bridgehead atoms. The van der Waals surface area contributed by atoms with Gasteiger partial charge in [-0.3, -0.25) is 14.9 Å². The van der Waals surface area contributed by atoms with Crippen molar-refractivity contribution in [2.45, 2.75) is 6.92 Å². The van der Waals surface area contributed by atoms with Crippen LogP contribution in [0.5, 0.6) is 0 Å². The molecule has 0 atom stereocenters. The Hall–Kier alpha value is -2.80. The monoisotopic (exact) mass is 319 g/mol. The van der Waals surface area contributed by atoms with Gasteiger partial charge in [0.2, 0.25) is 0 Å². The highest BCUT2D eigenvalue weighted by Crippen LogP contribution is 2.14. The Kier molecular flexibility index (Phi) is 4.47. The van der Waals surface area contributed by atoms with Crippen molar-refractivity contribution < 1.29 is 14.5 Å². The van der Waals surface area contributed by atoms with Crippen molar-refractivity contribution in [3.05, 3.63) is 68.4 Å². The number of carbonyl (C=O) groups is 2. The number of rotatable bonds is 3. The third-order valence-electron chi connectivity index (χ3n) is 2.84. The number of imide groups is 1. The summed E-state index contributed by atoms with van der Waals surface area (Å²) in [6.45, 7) is 1.52. The summed E-state index contributed by atoms with van der Waals surface area (Å²) in [7, 11) is 0. The molecule has 22 heavy (non-hydrogen) atoms. The number of hydrogen-bond acceptors (Lipinski definition) is 5. The van der Waals surface area contributed by atoms with Crippen LogP contribution >= 0.6 is 11.6 Å². The fourth-order valence-electron chi connectivity index (χ4n) is 1.75. The van der Waals surface area contributed by atoms with Gasteiger partial charge in [-0.1, -0.05) is 17.7 Å². The van der Waals surface area contributed by atoms with Gasteiger partial charge < -0.3 is 10.1 Å². The van der Waals surface area contributed by atoms with Crippen LogP contribution in [-0.4, -0.2) is 21.7 Å². The second kappa shape index (κ2) is 6.31. The van der Waals surface area contributed by atoms with Gasteiger partial charge in [-0.15, -0.1) is 0 Å². The van der Waals surface area contributed by atoms with Crippen molar-refractivity contribution in [1.29, 1.82) is 0 Å². The highest BCUT2D eigenvalue weighted by atomic mass is 35.5. The van der Waals surface area contributed by atoms with Crippen molar-refractivity contribution in [1.82, 2.24) is 10.3 Å². The SMILES string of the molecule is Cc1cc([N+](=O)[O-])ncc1C(=O)NC(=O)c1cccc(Cl)c1. The predicted molar refractivity (Wildman–Crippen MR) is 78.9 cm³/mol. The quantitative estimate of drug-likeness (QED) is 0.532. The van der Waals surface area contributed by atoms with Crippen LogP contribution in [0.15, 0.2) is 36.5 Å². The Morgan fingerprint density at radius 1 is 1.27 bits per heavy atom. The summed E-state index contributed by atoms with van der Waals surface area (Å²) in [5.74, 6) is -1.68. The first kappa shape index (κ1) is 15.6. The Balaban J connectivity index is 2.19. The van der Waals surface area contributed by atoms with Crippen LogP contribution < -0.4 is 5.32 Å². The van der Waals surface area contributed by atoms with E-state index in [-0.39, 0.29) is 16.9 Å². The number of carbonyl (C=O) groups excluding carboxylic acids is 2. The van der Waals surface area contributed by atoms with E-state index in [1.165, 1.54) is 25.1 Å². The zero-order chi connectivity index (χ0) is 16.3. The first-order valence-corrected chi connectivity index (χ1v) is 6.48. The van der Waals surface area contributed by atoms with Crippen LogP contribution in [0.25, 0.3) is 0 Å². The standard InChI is InChI=1S/C14H10ClN3O4/c1-8-5-12(18(21)22)16-7-11(8)14(20)17-13(19)9-3-2-4-10(15)6-9/h2-7H,1H3,(H,17,19,20). The van der Waals surface area contributed by atoms with Crippen molar-refractivity contribution >= 4 is 29.2 Å². The lowest BCUT2D eigenvalue weighted by molar-refractivity contribution is -0.389. The molecule has 0 saturated heterocycles. The van der Waals surface area contributed by atoms with E-state index in [0.29, 0.717) is 10.6 Å². The zero-order valence-electron chi connectivity index (χ0n) is 11.4. The van der Waals surface area contributed by atoms with Gasteiger partial charge in [0.15, 0.2) is 6.20 Å². The van der Waals surface area contributed by atoms with Crippen LogP contribution in [-0.2, 0) is 0 Å². The molecule has 0 saturated carbocycles. The third kappa shape index (κ3) is 3.44. The fraction of sp³-hybridized carbons (Fsp3) is 0.0714. The number of halogens is 1. The molecular formula is C14H10ClN3O4. The maximum absolute atomic E-state index is 12.0. The average molecular weight is 320 g/mol. The number of nitro groups is 1. The van der Waals surface area contributed by atoms with Gasteiger partial charge in [-0.25, -0.2) is 0 Å². The van der Waals surface area contributed by atoms with E-state index in [2.05, 4.69) is 10.3 Å². The molecule has 1 aromatic carbocycles. The smallest absolute Gasteiger partial charge is 0.358 e. The molecular weight excluding hydrogens is 310 g/mol. The largest absolute Gasteiger partial charge is 0.363 e. The zero-order valence-corrected chi connectivity index (χ0v) is 12.1. The van der Waals surface area contributed by atoms with Gasteiger partial charge in [0.25, 0.3) is 11.8 Å². The minimum absolute atomic E-state index is 0.0842. The molecule has 0 aliphatic carbocycles. The van der Waals surface area contributed by atoms with Crippen LogP contribution in [0.4, 0.5) is 5.82 Å². The lowest BCUT2D eigenvalue weighted by Crippen LogP contribution is -2.31. The number of benzene rings is 1. The van der Waals surface area contributed by atoms with Gasteiger partial charge in [0, 0.05) is 16.7 Å². The Bertz CT molecular complexity index is 776. The average Bonchev–Trinajstić information content (AvgIpc) is 2.46. The van der Waals surface area contributed by atoms with Gasteiger partial charge >= 0.3 is 5.82 Å². The topological polar surface area (TPSA) is 102 Å². The second-order valence-electron chi connectivity index (χ2n) is 4.41. The minimum Gasteiger partial charge on any atom is -0.358 e. The van der Waals surface area contributed by atoms with E-state index in [1.807, 2.05) is 0 Å². The van der Waals surface area contributed by atoms with Crippen molar-refractivity contribution in [2.75, 3.05) is 0 Å². The molecule has 0 spiro atoms. The maximum Gasteiger partial charge on any atom is 0.363 e. The number of aromatic nitrogens is 1. The maximum atomic E-state index is 12.0. The van der Waals surface area contributed by atoms with Gasteiger partial charge in [0.05, 0.1) is 5.56 Å². The molecule has 0 fully saturated rings. The van der Waals surface area contributed by atoms with Crippen LogP contribution in [0, 0.1) is 17.0 Å². The molecule has 1 aromatic heterocycles. The molecule has 0 aliphatic heterocycles. The molecule has 0 aliphatic rings. The molecule has 8 heteroatoms. The number of aryl methyl sites for hydroxylation is 1. The van der Waals surface area contributed by atoms with Crippen LogP contribution in [0.3, 0.4) is 0 Å². The van der Waals surface area contributed by atoms with Gasteiger partial charge in [-0.05, 0) is 40.6 Å². The second-order valence-corrected chi connectivity index (χ2v) is 4.84. The van der Waals surface area contributed by atoms with Gasteiger partial charge in [0.1, 0.15) is 0 Å². The summed E-state index contributed by atoms with van der Waals surface area (Å²) in [6.07, 6.45) is 1.06. The van der Waals surface area contributed by atoms with Crippen molar-refractivity contribution in [3.63, 3.8) is 0 Å². The summed E-state index contributed by atoms with van der Waals surface area (Å²) in [5.41, 5.74) is 0.660. The van der Waals surface area contributed by atoms with Crippen LogP contribution in [0.1, 0.15) is 26.3 Å². The Labute approximate surface area is 130 Å². The Morgan fingerprint density at radius 2 is 2.00 bits per heavy atom. The molecule has 0 radical (unpaired) electrons. The van der Waals surface area contributed by atoms with E-state index in [4.69, 9.17) is 11.6 Å². The molecule has 1 N–H and O–H groups in total. The fourth-order valence-corrected chi connectivity index (χ4v) is 1.94. The highest BCUT2D eigenvalue weighted by Gasteiger charge is 2.18. The minimum atomic E-state index is -0.690. The first-order chi connectivity index (χ1) is 10.4. The summed E-state index contributed by atoms with van der Waals surface area (Å²) >= 11 is 5.78. The molecule has 2 aromatic rings. The molecule has 112 valence electrons. The summed E-state index contributed by atoms with van der Waals surface area (Å²) < 4.78 is 0. The number of nitrogens with zero attached hydrogens (tertiary/aromatic N) is 2. The Morgan fingerprint density at radius 3 is 2.59 bits per heavy atom. The summed E-state index contributed by atoms with van der Waals surface area (Å²) in [4.78, 5) is 37.5.